The fourth-order valence-corrected chi connectivity index (χ4v) is 2.76. The number of halogens is 2. The summed E-state index contributed by atoms with van der Waals surface area (Å²) in [7, 11) is 0. The number of rotatable bonds is 1. The van der Waals surface area contributed by atoms with Gasteiger partial charge >= 0.3 is 0 Å². The third-order valence-corrected chi connectivity index (χ3v) is 3.86. The van der Waals surface area contributed by atoms with Gasteiger partial charge in [0.05, 0.1) is 16.3 Å². The van der Waals surface area contributed by atoms with E-state index < -0.39 is 0 Å². The molecule has 0 saturated heterocycles. The molecule has 1 aromatic heterocycles. The van der Waals surface area contributed by atoms with Crippen LogP contribution in [-0.2, 0) is 13.0 Å². The maximum Gasteiger partial charge on any atom is 0.255 e. The SMILES string of the molecule is O=C(c1ccc(Cl)cc1Cl)N1CCc2ncncc2C1. The molecule has 0 unspecified atom stereocenters. The van der Waals surface area contributed by atoms with Gasteiger partial charge in [-0.05, 0) is 18.2 Å². The number of aromatic nitrogens is 2. The zero-order chi connectivity index (χ0) is 14.1. The fraction of sp³-hybridized carbons (Fsp3) is 0.214. The Bertz CT molecular complexity index is 675. The second kappa shape index (κ2) is 5.38. The van der Waals surface area contributed by atoms with Crippen molar-refractivity contribution in [3.05, 3.63) is 57.6 Å². The van der Waals surface area contributed by atoms with Gasteiger partial charge in [-0.1, -0.05) is 23.2 Å². The molecule has 6 heteroatoms. The van der Waals surface area contributed by atoms with Gasteiger partial charge in [0.25, 0.3) is 5.91 Å². The molecule has 20 heavy (non-hydrogen) atoms. The molecule has 0 fully saturated rings. The molecule has 4 nitrogen and oxygen atoms in total. The monoisotopic (exact) mass is 307 g/mol. The lowest BCUT2D eigenvalue weighted by atomic mass is 10.1. The summed E-state index contributed by atoms with van der Waals surface area (Å²) in [5.41, 5.74) is 2.46. The summed E-state index contributed by atoms with van der Waals surface area (Å²) < 4.78 is 0. The minimum atomic E-state index is -0.0961. The van der Waals surface area contributed by atoms with Gasteiger partial charge in [-0.2, -0.15) is 0 Å². The van der Waals surface area contributed by atoms with Crippen LogP contribution in [-0.4, -0.2) is 27.3 Å². The number of carbonyl (C=O) groups excluding carboxylic acids is 1. The maximum atomic E-state index is 12.5. The van der Waals surface area contributed by atoms with Crippen LogP contribution in [0.2, 0.25) is 10.0 Å². The van der Waals surface area contributed by atoms with Crippen molar-refractivity contribution in [3.63, 3.8) is 0 Å². The number of amides is 1. The van der Waals surface area contributed by atoms with Crippen LogP contribution in [0.5, 0.6) is 0 Å². The molecule has 0 bridgehead atoms. The Hall–Kier alpha value is -1.65. The molecular formula is C14H11Cl2N3O. The second-order valence-electron chi connectivity index (χ2n) is 4.60. The first-order chi connectivity index (χ1) is 9.65. The van der Waals surface area contributed by atoms with Crippen LogP contribution >= 0.6 is 23.2 Å². The van der Waals surface area contributed by atoms with Gasteiger partial charge in [0.15, 0.2) is 0 Å². The number of benzene rings is 1. The van der Waals surface area contributed by atoms with E-state index >= 15 is 0 Å². The van der Waals surface area contributed by atoms with Gasteiger partial charge in [0.2, 0.25) is 0 Å². The number of hydrogen-bond donors (Lipinski definition) is 0. The highest BCUT2D eigenvalue weighted by Crippen LogP contribution is 2.24. The molecule has 3 rings (SSSR count). The van der Waals surface area contributed by atoms with Gasteiger partial charge < -0.3 is 4.90 Å². The predicted octanol–water partition coefficient (Wildman–Crippen LogP) is 2.98. The molecule has 1 aromatic carbocycles. The molecule has 0 N–H and O–H groups in total. The molecule has 0 atom stereocenters. The van der Waals surface area contributed by atoms with Gasteiger partial charge in [0, 0.05) is 36.3 Å². The molecule has 2 heterocycles. The molecule has 1 aliphatic rings. The van der Waals surface area contributed by atoms with Gasteiger partial charge in [-0.3, -0.25) is 4.79 Å². The summed E-state index contributed by atoms with van der Waals surface area (Å²) in [4.78, 5) is 22.5. The van der Waals surface area contributed by atoms with Crippen molar-refractivity contribution in [2.24, 2.45) is 0 Å². The molecule has 0 radical (unpaired) electrons. The van der Waals surface area contributed by atoms with Crippen LogP contribution in [0.25, 0.3) is 0 Å². The third kappa shape index (κ3) is 2.49. The maximum absolute atomic E-state index is 12.5. The summed E-state index contributed by atoms with van der Waals surface area (Å²) in [6, 6.07) is 4.91. The average Bonchev–Trinajstić information content (AvgIpc) is 2.46. The number of hydrogen-bond acceptors (Lipinski definition) is 3. The van der Waals surface area contributed by atoms with Gasteiger partial charge in [-0.15, -0.1) is 0 Å². The van der Waals surface area contributed by atoms with Gasteiger partial charge in [-0.25, -0.2) is 9.97 Å². The Morgan fingerprint density at radius 2 is 2.15 bits per heavy atom. The average molecular weight is 308 g/mol. The van der Waals surface area contributed by atoms with E-state index in [4.69, 9.17) is 23.2 Å². The molecule has 1 amide bonds. The molecule has 0 spiro atoms. The van der Waals surface area contributed by atoms with Crippen molar-refractivity contribution in [1.29, 1.82) is 0 Å². The first kappa shape index (κ1) is 13.3. The molecular weight excluding hydrogens is 297 g/mol. The highest BCUT2D eigenvalue weighted by Gasteiger charge is 2.24. The second-order valence-corrected chi connectivity index (χ2v) is 5.44. The lowest BCUT2D eigenvalue weighted by molar-refractivity contribution is 0.0733. The van der Waals surface area contributed by atoms with Crippen LogP contribution in [0.15, 0.2) is 30.7 Å². The van der Waals surface area contributed by atoms with E-state index in [1.54, 1.807) is 29.3 Å². The van der Waals surface area contributed by atoms with E-state index in [2.05, 4.69) is 9.97 Å². The van der Waals surface area contributed by atoms with E-state index in [9.17, 15) is 4.79 Å². The van der Waals surface area contributed by atoms with E-state index in [1.807, 2.05) is 0 Å². The van der Waals surface area contributed by atoms with Crippen molar-refractivity contribution < 1.29 is 4.79 Å². The predicted molar refractivity (Wildman–Crippen MR) is 76.9 cm³/mol. The first-order valence-corrected chi connectivity index (χ1v) is 6.93. The van der Waals surface area contributed by atoms with Crippen molar-refractivity contribution in [2.45, 2.75) is 13.0 Å². The first-order valence-electron chi connectivity index (χ1n) is 6.17. The topological polar surface area (TPSA) is 46.1 Å². The third-order valence-electron chi connectivity index (χ3n) is 3.31. The normalized spacial score (nSPS) is 14.0. The largest absolute Gasteiger partial charge is 0.334 e. The van der Waals surface area contributed by atoms with Crippen molar-refractivity contribution in [3.8, 4) is 0 Å². The smallest absolute Gasteiger partial charge is 0.255 e. The standard InChI is InChI=1S/C14H11Cl2N3O/c15-10-1-2-11(12(16)5-10)14(20)19-4-3-13-9(7-19)6-17-8-18-13/h1-2,5-6,8H,3-4,7H2. The van der Waals surface area contributed by atoms with Crippen LogP contribution in [0.4, 0.5) is 0 Å². The van der Waals surface area contributed by atoms with Crippen LogP contribution in [0.3, 0.4) is 0 Å². The lowest BCUT2D eigenvalue weighted by Gasteiger charge is -2.28. The summed E-state index contributed by atoms with van der Waals surface area (Å²) in [5, 5.41) is 0.890. The van der Waals surface area contributed by atoms with E-state index in [0.29, 0.717) is 28.7 Å². The Morgan fingerprint density at radius 3 is 2.95 bits per heavy atom. The van der Waals surface area contributed by atoms with Crippen LogP contribution in [0, 0.1) is 0 Å². The zero-order valence-corrected chi connectivity index (χ0v) is 12.0. The Kier molecular flexibility index (Phi) is 3.59. The quantitative estimate of drug-likeness (QED) is 0.813. The van der Waals surface area contributed by atoms with E-state index in [0.717, 1.165) is 17.7 Å². The molecule has 102 valence electrons. The number of carbonyl (C=O) groups is 1. The molecule has 1 aliphatic heterocycles. The Labute approximate surface area is 126 Å². The lowest BCUT2D eigenvalue weighted by Crippen LogP contribution is -2.36. The Morgan fingerprint density at radius 1 is 1.30 bits per heavy atom. The highest BCUT2D eigenvalue weighted by molar-refractivity contribution is 6.36. The number of nitrogens with zero attached hydrogens (tertiary/aromatic N) is 3. The highest BCUT2D eigenvalue weighted by atomic mass is 35.5. The fourth-order valence-electron chi connectivity index (χ4n) is 2.27. The summed E-state index contributed by atoms with van der Waals surface area (Å²) in [6.07, 6.45) is 4.02. The minimum absolute atomic E-state index is 0.0961. The van der Waals surface area contributed by atoms with Crippen LogP contribution in [0.1, 0.15) is 21.6 Å². The Balaban J connectivity index is 1.86. The molecule has 2 aromatic rings. The van der Waals surface area contributed by atoms with Crippen molar-refractivity contribution in [2.75, 3.05) is 6.54 Å². The van der Waals surface area contributed by atoms with Crippen molar-refractivity contribution >= 4 is 29.1 Å². The summed E-state index contributed by atoms with van der Waals surface area (Å²) >= 11 is 11.9. The minimum Gasteiger partial charge on any atom is -0.334 e. The molecule has 0 aliphatic carbocycles. The van der Waals surface area contributed by atoms with E-state index in [-0.39, 0.29) is 5.91 Å². The number of fused-ring (bicyclic) bond motifs is 1. The summed E-state index contributed by atoms with van der Waals surface area (Å²) in [6.45, 7) is 1.13. The van der Waals surface area contributed by atoms with Crippen LogP contribution < -0.4 is 0 Å². The van der Waals surface area contributed by atoms with Gasteiger partial charge in [0.1, 0.15) is 6.33 Å². The zero-order valence-electron chi connectivity index (χ0n) is 10.5. The molecule has 0 saturated carbocycles. The summed E-state index contributed by atoms with van der Waals surface area (Å²) in [5.74, 6) is -0.0961. The van der Waals surface area contributed by atoms with Crippen molar-refractivity contribution in [1.82, 2.24) is 14.9 Å². The van der Waals surface area contributed by atoms with E-state index in [1.165, 1.54) is 6.33 Å².